The number of methoxy groups -OCH3 is 1. The van der Waals surface area contributed by atoms with Crippen molar-refractivity contribution in [2.45, 2.75) is 84.1 Å². The highest BCUT2D eigenvalue weighted by molar-refractivity contribution is 6.08. The lowest BCUT2D eigenvalue weighted by atomic mass is 9.69. The van der Waals surface area contributed by atoms with Crippen molar-refractivity contribution in [1.29, 1.82) is 0 Å². The molecule has 0 unspecified atom stereocenters. The average molecular weight is 433 g/mol. The molecule has 2 aliphatic rings. The van der Waals surface area contributed by atoms with E-state index in [-0.39, 0.29) is 48.5 Å². The molecule has 170 valence electrons. The van der Waals surface area contributed by atoms with Crippen LogP contribution in [0.3, 0.4) is 0 Å². The number of carbonyl (C=O) groups is 3. The molecule has 1 amide bonds. The first-order valence-corrected chi connectivity index (χ1v) is 11.0. The minimum atomic E-state index is -1.51. The molecule has 2 aliphatic heterocycles. The Labute approximate surface area is 183 Å². The number of piperidine rings is 1. The number of esters is 1. The molecule has 31 heavy (non-hydrogen) atoms. The van der Waals surface area contributed by atoms with E-state index in [9.17, 15) is 18.8 Å². The Balaban J connectivity index is 1.97. The van der Waals surface area contributed by atoms with Gasteiger partial charge in [-0.05, 0) is 58.2 Å². The van der Waals surface area contributed by atoms with E-state index in [2.05, 4.69) is 4.90 Å². The molecule has 0 aliphatic carbocycles. The molecule has 3 rings (SSSR count). The standard InChI is InChI=1S/C24H33FN2O4/c1-15(2)27(16(3)4)22(29)13-24(23(30)31-5)20-11-10-19(12-21(24)28)26(20)14-17-6-8-18(25)9-7-17/h6-9,15-16,19-20H,10-14H2,1-5H3/t19-,20+,24+/m1/s1. The van der Waals surface area contributed by atoms with Gasteiger partial charge in [0.25, 0.3) is 0 Å². The maximum absolute atomic E-state index is 13.4. The molecular weight excluding hydrogens is 399 g/mol. The second kappa shape index (κ2) is 9.07. The van der Waals surface area contributed by atoms with Gasteiger partial charge in [-0.25, -0.2) is 4.39 Å². The molecule has 2 fully saturated rings. The van der Waals surface area contributed by atoms with Crippen LogP contribution < -0.4 is 0 Å². The van der Waals surface area contributed by atoms with Crippen molar-refractivity contribution in [2.75, 3.05) is 7.11 Å². The molecule has 0 N–H and O–H groups in total. The fourth-order valence-corrected chi connectivity index (χ4v) is 5.53. The number of rotatable bonds is 7. The first kappa shape index (κ1) is 23.4. The summed E-state index contributed by atoms with van der Waals surface area (Å²) in [5.74, 6) is -1.36. The Morgan fingerprint density at radius 1 is 1.16 bits per heavy atom. The molecule has 7 heteroatoms. The maximum atomic E-state index is 13.4. The summed E-state index contributed by atoms with van der Waals surface area (Å²) in [6.07, 6.45) is 1.45. The number of fused-ring (bicyclic) bond motifs is 2. The monoisotopic (exact) mass is 432 g/mol. The molecule has 0 aromatic heterocycles. The first-order valence-electron chi connectivity index (χ1n) is 11.0. The topological polar surface area (TPSA) is 66.9 Å². The summed E-state index contributed by atoms with van der Waals surface area (Å²) in [6, 6.07) is 5.76. The first-order chi connectivity index (χ1) is 14.6. The molecule has 1 aromatic carbocycles. The molecule has 0 spiro atoms. The molecule has 6 nitrogen and oxygen atoms in total. The van der Waals surface area contributed by atoms with Gasteiger partial charge in [-0.3, -0.25) is 19.3 Å². The number of ether oxygens (including phenoxy) is 1. The number of ketones is 1. The summed E-state index contributed by atoms with van der Waals surface area (Å²) < 4.78 is 18.5. The zero-order valence-corrected chi connectivity index (χ0v) is 19.1. The predicted octanol–water partition coefficient (Wildman–Crippen LogP) is 3.33. The van der Waals surface area contributed by atoms with Crippen LogP contribution >= 0.6 is 0 Å². The van der Waals surface area contributed by atoms with Crippen molar-refractivity contribution in [2.24, 2.45) is 5.41 Å². The molecule has 0 saturated carbocycles. The van der Waals surface area contributed by atoms with Crippen molar-refractivity contribution in [3.8, 4) is 0 Å². The van der Waals surface area contributed by atoms with Gasteiger partial charge in [0.05, 0.1) is 13.5 Å². The summed E-state index contributed by atoms with van der Waals surface area (Å²) in [5, 5.41) is 0. The van der Waals surface area contributed by atoms with Gasteiger partial charge in [0, 0.05) is 37.1 Å². The van der Waals surface area contributed by atoms with E-state index >= 15 is 0 Å². The molecular formula is C24H33FN2O4. The number of benzene rings is 1. The lowest BCUT2D eigenvalue weighted by molar-refractivity contribution is -0.171. The molecule has 2 saturated heterocycles. The highest BCUT2D eigenvalue weighted by Crippen LogP contribution is 2.48. The zero-order chi connectivity index (χ0) is 22.9. The SMILES string of the molecule is COC(=O)[C@]1(CC(=O)N(C(C)C)C(C)C)C(=O)C[C@H]2CC[C@@H]1N2Cc1ccc(F)cc1. The molecule has 2 heterocycles. The number of halogens is 1. The van der Waals surface area contributed by atoms with Crippen LogP contribution in [-0.4, -0.2) is 58.7 Å². The summed E-state index contributed by atoms with van der Waals surface area (Å²) in [7, 11) is 1.27. The highest BCUT2D eigenvalue weighted by atomic mass is 19.1. The van der Waals surface area contributed by atoms with Gasteiger partial charge >= 0.3 is 5.97 Å². The normalized spacial score (nSPS) is 25.9. The van der Waals surface area contributed by atoms with Crippen LogP contribution in [0.15, 0.2) is 24.3 Å². The summed E-state index contributed by atoms with van der Waals surface area (Å²) in [6.45, 7) is 8.21. The van der Waals surface area contributed by atoms with E-state index in [0.29, 0.717) is 13.0 Å². The van der Waals surface area contributed by atoms with E-state index < -0.39 is 17.4 Å². The number of amides is 1. The quantitative estimate of drug-likeness (QED) is 0.488. The number of Topliss-reactive ketones (excluding diaryl/α,β-unsaturated/α-hetero) is 1. The Bertz CT molecular complexity index is 830. The Kier molecular flexibility index (Phi) is 6.84. The second-order valence-electron chi connectivity index (χ2n) is 9.30. The number of hydrogen-bond acceptors (Lipinski definition) is 5. The third-order valence-electron chi connectivity index (χ3n) is 6.79. The van der Waals surface area contributed by atoms with Crippen LogP contribution in [0.1, 0.15) is 58.9 Å². The van der Waals surface area contributed by atoms with Gasteiger partial charge in [0.2, 0.25) is 5.91 Å². The lowest BCUT2D eigenvalue weighted by Gasteiger charge is -2.46. The van der Waals surface area contributed by atoms with E-state index in [1.165, 1.54) is 19.2 Å². The molecule has 3 atom stereocenters. The van der Waals surface area contributed by atoms with Crippen molar-refractivity contribution < 1.29 is 23.5 Å². The minimum absolute atomic E-state index is 0.0155. The second-order valence-corrected chi connectivity index (χ2v) is 9.30. The Hall–Kier alpha value is -2.28. The zero-order valence-electron chi connectivity index (χ0n) is 19.1. The summed E-state index contributed by atoms with van der Waals surface area (Å²) in [5.41, 5.74) is -0.607. The van der Waals surface area contributed by atoms with Gasteiger partial charge in [0.15, 0.2) is 11.2 Å². The number of nitrogens with zero attached hydrogens (tertiary/aromatic N) is 2. The van der Waals surface area contributed by atoms with Crippen molar-refractivity contribution in [1.82, 2.24) is 9.80 Å². The summed E-state index contributed by atoms with van der Waals surface area (Å²) in [4.78, 5) is 43.7. The third-order valence-corrected chi connectivity index (χ3v) is 6.79. The maximum Gasteiger partial charge on any atom is 0.321 e. The van der Waals surface area contributed by atoms with Crippen LogP contribution in [0.4, 0.5) is 4.39 Å². The largest absolute Gasteiger partial charge is 0.468 e. The van der Waals surface area contributed by atoms with Gasteiger partial charge in [-0.15, -0.1) is 0 Å². The Morgan fingerprint density at radius 3 is 2.32 bits per heavy atom. The Morgan fingerprint density at radius 2 is 1.77 bits per heavy atom. The van der Waals surface area contributed by atoms with Gasteiger partial charge in [-0.2, -0.15) is 0 Å². The van der Waals surface area contributed by atoms with Crippen molar-refractivity contribution in [3.63, 3.8) is 0 Å². The van der Waals surface area contributed by atoms with E-state index in [1.807, 2.05) is 27.7 Å². The van der Waals surface area contributed by atoms with Gasteiger partial charge < -0.3 is 9.64 Å². The predicted molar refractivity (Wildman–Crippen MR) is 115 cm³/mol. The lowest BCUT2D eigenvalue weighted by Crippen LogP contribution is -2.62. The van der Waals surface area contributed by atoms with E-state index in [1.54, 1.807) is 17.0 Å². The van der Waals surface area contributed by atoms with E-state index in [0.717, 1.165) is 12.0 Å². The fourth-order valence-electron chi connectivity index (χ4n) is 5.53. The number of carbonyl (C=O) groups excluding carboxylic acids is 3. The molecule has 0 radical (unpaired) electrons. The van der Waals surface area contributed by atoms with Crippen LogP contribution in [0, 0.1) is 11.2 Å². The van der Waals surface area contributed by atoms with E-state index in [4.69, 9.17) is 4.74 Å². The van der Waals surface area contributed by atoms with Crippen molar-refractivity contribution in [3.05, 3.63) is 35.6 Å². The molecule has 2 bridgehead atoms. The van der Waals surface area contributed by atoms with Crippen LogP contribution in [0.5, 0.6) is 0 Å². The molecule has 1 aromatic rings. The van der Waals surface area contributed by atoms with Gasteiger partial charge in [-0.1, -0.05) is 12.1 Å². The van der Waals surface area contributed by atoms with Gasteiger partial charge in [0.1, 0.15) is 5.82 Å². The fraction of sp³-hybridized carbons (Fsp3) is 0.625. The smallest absolute Gasteiger partial charge is 0.321 e. The third kappa shape index (κ3) is 4.25. The van der Waals surface area contributed by atoms with Crippen molar-refractivity contribution >= 4 is 17.7 Å². The number of hydrogen-bond donors (Lipinski definition) is 0. The minimum Gasteiger partial charge on any atom is -0.468 e. The summed E-state index contributed by atoms with van der Waals surface area (Å²) >= 11 is 0. The van der Waals surface area contributed by atoms with Crippen LogP contribution in [0.25, 0.3) is 0 Å². The average Bonchev–Trinajstić information content (AvgIpc) is 3.01. The highest BCUT2D eigenvalue weighted by Gasteiger charge is 2.62. The van der Waals surface area contributed by atoms with Crippen LogP contribution in [-0.2, 0) is 25.7 Å². The van der Waals surface area contributed by atoms with Crippen LogP contribution in [0.2, 0.25) is 0 Å².